The van der Waals surface area contributed by atoms with Crippen molar-refractivity contribution in [3.63, 3.8) is 0 Å². The van der Waals surface area contributed by atoms with Crippen molar-refractivity contribution in [3.8, 4) is 0 Å². The minimum absolute atomic E-state index is 0.330. The highest BCUT2D eigenvalue weighted by Crippen LogP contribution is 2.50. The number of fused-ring (bicyclic) bond motifs is 1. The third kappa shape index (κ3) is 4.65. The van der Waals surface area contributed by atoms with Crippen LogP contribution in [0.1, 0.15) is 41.6 Å². The van der Waals surface area contributed by atoms with Gasteiger partial charge in [0, 0.05) is 23.0 Å². The first kappa shape index (κ1) is 20.8. The van der Waals surface area contributed by atoms with E-state index in [4.69, 9.17) is 4.74 Å². The Hall–Kier alpha value is -1.50. The minimum atomic E-state index is -0.891. The molecule has 0 bridgehead atoms. The van der Waals surface area contributed by atoms with Crippen LogP contribution in [0.3, 0.4) is 0 Å². The molecule has 0 aromatic heterocycles. The summed E-state index contributed by atoms with van der Waals surface area (Å²) in [7, 11) is 2.10. The van der Waals surface area contributed by atoms with Gasteiger partial charge in [-0.1, -0.05) is 42.1 Å². The van der Waals surface area contributed by atoms with Crippen LogP contribution < -0.4 is 4.90 Å². The van der Waals surface area contributed by atoms with Crippen LogP contribution >= 0.6 is 27.7 Å². The van der Waals surface area contributed by atoms with Crippen molar-refractivity contribution < 1.29 is 14.6 Å². The summed E-state index contributed by atoms with van der Waals surface area (Å²) in [5.41, 5.74) is 2.60. The Bertz CT molecular complexity index is 868. The zero-order chi connectivity index (χ0) is 20.4. The molecule has 0 amide bonds. The monoisotopic (exact) mass is 475 g/mol. The predicted molar refractivity (Wildman–Crippen MR) is 121 cm³/mol. The van der Waals surface area contributed by atoms with Gasteiger partial charge in [-0.05, 0) is 71.1 Å². The van der Waals surface area contributed by atoms with E-state index in [-0.39, 0.29) is 0 Å². The maximum absolute atomic E-state index is 11.5. The van der Waals surface area contributed by atoms with Crippen molar-refractivity contribution in [1.29, 1.82) is 0 Å². The molecule has 1 heterocycles. The number of halogens is 1. The number of carbonyl (C=O) groups is 1. The minimum Gasteiger partial charge on any atom is -0.478 e. The van der Waals surface area contributed by atoms with Crippen LogP contribution in [0, 0.1) is 11.8 Å². The number of rotatable bonds is 6. The quantitative estimate of drug-likeness (QED) is 0.551. The topological polar surface area (TPSA) is 49.8 Å². The van der Waals surface area contributed by atoms with Gasteiger partial charge in [0.15, 0.2) is 0 Å². The molecule has 1 N–H and O–H groups in total. The third-order valence-electron chi connectivity index (χ3n) is 6.05. The summed E-state index contributed by atoms with van der Waals surface area (Å²) in [6, 6.07) is 14.1. The van der Waals surface area contributed by atoms with Gasteiger partial charge in [-0.25, -0.2) is 4.79 Å². The molecule has 4 nitrogen and oxygen atoms in total. The lowest BCUT2D eigenvalue weighted by Gasteiger charge is -2.35. The van der Waals surface area contributed by atoms with Crippen LogP contribution in [0.25, 0.3) is 0 Å². The number of anilines is 1. The molecule has 0 saturated heterocycles. The second kappa shape index (κ2) is 9.11. The average Bonchev–Trinajstić information content (AvgIpc) is 3.04. The number of aromatic carboxylic acids is 1. The highest BCUT2D eigenvalue weighted by Gasteiger charge is 2.36. The van der Waals surface area contributed by atoms with Crippen molar-refractivity contribution in [1.82, 2.24) is 0 Å². The highest BCUT2D eigenvalue weighted by atomic mass is 79.9. The van der Waals surface area contributed by atoms with Gasteiger partial charge in [0.25, 0.3) is 0 Å². The molecule has 1 aliphatic heterocycles. The molecule has 0 radical (unpaired) electrons. The zero-order valence-electron chi connectivity index (χ0n) is 16.5. The summed E-state index contributed by atoms with van der Waals surface area (Å²) in [6.07, 6.45) is 4.79. The Morgan fingerprint density at radius 3 is 2.62 bits per heavy atom. The van der Waals surface area contributed by atoms with Crippen molar-refractivity contribution in [2.75, 3.05) is 18.6 Å². The Morgan fingerprint density at radius 1 is 1.21 bits per heavy atom. The molecule has 29 heavy (non-hydrogen) atoms. The van der Waals surface area contributed by atoms with E-state index in [0.717, 1.165) is 12.3 Å². The molecular formula is C23H26BrNO3S. The lowest BCUT2D eigenvalue weighted by molar-refractivity contribution is 0.0669. The number of thioether (sulfide) groups is 1. The standard InChI is InChI=1S/C23H26BrNO3S/c1-25-20-11-18(23(26)27)19(24)12-21(20)29-22(25)17-9-7-16(8-10-17)14-28-13-15-5-3-2-4-6-15/h2-6,11-12,16-17,22H,7-10,13-14H2,1H3,(H,26,27). The first-order chi connectivity index (χ1) is 14.0. The normalized spacial score (nSPS) is 23.8. The lowest BCUT2D eigenvalue weighted by atomic mass is 9.82. The SMILES string of the molecule is CN1c2cc(C(=O)O)c(Br)cc2SC1C1CCC(COCc2ccccc2)CC1. The summed E-state index contributed by atoms with van der Waals surface area (Å²) in [6.45, 7) is 1.53. The molecule has 1 aliphatic carbocycles. The lowest BCUT2D eigenvalue weighted by Crippen LogP contribution is -2.35. The summed E-state index contributed by atoms with van der Waals surface area (Å²) in [4.78, 5) is 14.9. The van der Waals surface area contributed by atoms with E-state index in [9.17, 15) is 9.90 Å². The van der Waals surface area contributed by atoms with Gasteiger partial charge in [-0.15, -0.1) is 0 Å². The van der Waals surface area contributed by atoms with Gasteiger partial charge >= 0.3 is 5.97 Å². The van der Waals surface area contributed by atoms with Crippen LogP contribution in [0.4, 0.5) is 5.69 Å². The molecule has 4 rings (SSSR count). The fraction of sp³-hybridized carbons (Fsp3) is 0.435. The van der Waals surface area contributed by atoms with E-state index in [1.54, 1.807) is 6.07 Å². The van der Waals surface area contributed by atoms with E-state index in [2.05, 4.69) is 52.1 Å². The molecule has 1 unspecified atom stereocenters. The maximum Gasteiger partial charge on any atom is 0.336 e. The molecule has 154 valence electrons. The number of ether oxygens (including phenoxy) is 1. The molecule has 2 aliphatic rings. The molecule has 6 heteroatoms. The number of benzene rings is 2. The van der Waals surface area contributed by atoms with Gasteiger partial charge in [0.1, 0.15) is 0 Å². The van der Waals surface area contributed by atoms with Crippen LogP contribution in [-0.4, -0.2) is 30.1 Å². The van der Waals surface area contributed by atoms with E-state index in [1.807, 2.05) is 23.9 Å². The summed E-state index contributed by atoms with van der Waals surface area (Å²) < 4.78 is 6.62. The molecule has 1 fully saturated rings. The number of hydrogen-bond acceptors (Lipinski definition) is 4. The number of carboxylic acids is 1. The smallest absolute Gasteiger partial charge is 0.336 e. The van der Waals surface area contributed by atoms with E-state index in [1.165, 1.54) is 36.1 Å². The van der Waals surface area contributed by atoms with Gasteiger partial charge in [-0.3, -0.25) is 0 Å². The second-order valence-electron chi connectivity index (χ2n) is 8.01. The van der Waals surface area contributed by atoms with Crippen molar-refractivity contribution in [3.05, 3.63) is 58.1 Å². The Balaban J connectivity index is 1.30. The fourth-order valence-electron chi connectivity index (χ4n) is 4.39. The number of hydrogen-bond donors (Lipinski definition) is 1. The fourth-order valence-corrected chi connectivity index (χ4v) is 6.56. The van der Waals surface area contributed by atoms with Crippen LogP contribution in [0.5, 0.6) is 0 Å². The summed E-state index contributed by atoms with van der Waals surface area (Å²) in [5.74, 6) is 0.370. The average molecular weight is 476 g/mol. The van der Waals surface area contributed by atoms with Gasteiger partial charge in [0.2, 0.25) is 0 Å². The van der Waals surface area contributed by atoms with Gasteiger partial charge < -0.3 is 14.7 Å². The van der Waals surface area contributed by atoms with Crippen LogP contribution in [-0.2, 0) is 11.3 Å². The predicted octanol–water partition coefficient (Wildman–Crippen LogP) is 6.04. The van der Waals surface area contributed by atoms with Gasteiger partial charge in [-0.2, -0.15) is 0 Å². The van der Waals surface area contributed by atoms with Crippen molar-refractivity contribution in [2.45, 2.75) is 42.6 Å². The number of carboxylic acid groups (broad SMARTS) is 1. The Labute approximate surface area is 184 Å². The molecule has 2 aromatic carbocycles. The van der Waals surface area contributed by atoms with E-state index < -0.39 is 5.97 Å². The Morgan fingerprint density at radius 2 is 1.93 bits per heavy atom. The van der Waals surface area contributed by atoms with Crippen LogP contribution in [0.2, 0.25) is 0 Å². The molecular weight excluding hydrogens is 450 g/mol. The van der Waals surface area contributed by atoms with Crippen molar-refractivity contribution >= 4 is 39.3 Å². The molecule has 0 spiro atoms. The first-order valence-corrected chi connectivity index (χ1v) is 11.8. The molecule has 1 atom stereocenters. The van der Waals surface area contributed by atoms with Gasteiger partial charge in [0.05, 0.1) is 23.2 Å². The molecule has 1 saturated carbocycles. The number of nitrogens with zero attached hydrogens (tertiary/aromatic N) is 1. The third-order valence-corrected chi connectivity index (χ3v) is 8.23. The van der Waals surface area contributed by atoms with E-state index in [0.29, 0.717) is 33.9 Å². The van der Waals surface area contributed by atoms with Crippen LogP contribution in [0.15, 0.2) is 51.8 Å². The largest absolute Gasteiger partial charge is 0.478 e. The Kier molecular flexibility index (Phi) is 6.52. The van der Waals surface area contributed by atoms with Crippen molar-refractivity contribution in [2.24, 2.45) is 11.8 Å². The summed E-state index contributed by atoms with van der Waals surface area (Å²) >= 11 is 5.28. The zero-order valence-corrected chi connectivity index (χ0v) is 18.9. The molecule has 2 aromatic rings. The second-order valence-corrected chi connectivity index (χ2v) is 10.0. The van der Waals surface area contributed by atoms with E-state index >= 15 is 0 Å². The highest BCUT2D eigenvalue weighted by molar-refractivity contribution is 9.10. The summed E-state index contributed by atoms with van der Waals surface area (Å²) in [5, 5.41) is 9.78. The maximum atomic E-state index is 11.5. The first-order valence-electron chi connectivity index (χ1n) is 10.1.